The van der Waals surface area contributed by atoms with Crippen LogP contribution in [-0.2, 0) is 24.0 Å². The third-order valence-electron chi connectivity index (χ3n) is 4.74. The number of rotatable bonds is 4. The van der Waals surface area contributed by atoms with E-state index < -0.39 is 17.0 Å². The molecular weight excluding hydrogens is 394 g/mol. The molecule has 1 atom stereocenters. The molecule has 4 nitrogen and oxygen atoms in total. The molecule has 1 heterocycles. The van der Waals surface area contributed by atoms with Gasteiger partial charge in [-0.2, -0.15) is 0 Å². The van der Waals surface area contributed by atoms with E-state index in [1.165, 1.54) is 0 Å². The van der Waals surface area contributed by atoms with Crippen LogP contribution in [0.3, 0.4) is 0 Å². The molecule has 0 radical (unpaired) electrons. The van der Waals surface area contributed by atoms with Crippen molar-refractivity contribution in [3.63, 3.8) is 0 Å². The second-order valence-corrected chi connectivity index (χ2v) is 8.27. The summed E-state index contributed by atoms with van der Waals surface area (Å²) in [5.41, 5.74) is 4.03. The summed E-state index contributed by atoms with van der Waals surface area (Å²) in [5, 5.41) is 9.02. The molecule has 4 rings (SSSR count). The normalized spacial score (nSPS) is 14.5. The summed E-state index contributed by atoms with van der Waals surface area (Å²) in [6, 6.07) is 22.4. The van der Waals surface area contributed by atoms with Gasteiger partial charge < -0.3 is 5.11 Å². The number of hydrogen-bond acceptors (Lipinski definition) is 2. The Kier molecular flexibility index (Phi) is 5.78. The molecule has 30 heavy (non-hydrogen) atoms. The maximum atomic E-state index is 13.1. The Hall–Kier alpha value is -3.62. The summed E-state index contributed by atoms with van der Waals surface area (Å²) < 4.78 is 14.8. The van der Waals surface area contributed by atoms with Crippen LogP contribution in [0, 0.1) is 11.8 Å². The molecule has 0 saturated carbocycles. The van der Waals surface area contributed by atoms with Gasteiger partial charge in [-0.05, 0) is 47.0 Å². The first-order chi connectivity index (χ1) is 14.6. The average molecular weight is 413 g/mol. The molecule has 0 saturated heterocycles. The SMILES string of the molecule is O=C(O)c1ccc(CN2C=Cc3ccc(C#CCc4ccccc4)cc3S2=O)cc1. The van der Waals surface area contributed by atoms with Crippen molar-refractivity contribution in [2.75, 3.05) is 0 Å². The zero-order valence-corrected chi connectivity index (χ0v) is 16.9. The Morgan fingerprint density at radius 3 is 2.47 bits per heavy atom. The Bertz CT molecular complexity index is 1190. The Morgan fingerprint density at radius 1 is 0.967 bits per heavy atom. The fourth-order valence-electron chi connectivity index (χ4n) is 3.13. The zero-order chi connectivity index (χ0) is 20.9. The third kappa shape index (κ3) is 4.51. The minimum atomic E-state index is -1.36. The molecule has 3 aromatic carbocycles. The molecule has 1 unspecified atom stereocenters. The van der Waals surface area contributed by atoms with E-state index in [2.05, 4.69) is 11.8 Å². The van der Waals surface area contributed by atoms with Gasteiger partial charge in [0, 0.05) is 18.2 Å². The van der Waals surface area contributed by atoms with Gasteiger partial charge in [0.05, 0.1) is 17.0 Å². The number of hydrogen-bond donors (Lipinski definition) is 1. The van der Waals surface area contributed by atoms with Crippen molar-refractivity contribution < 1.29 is 14.1 Å². The molecule has 1 aliphatic rings. The maximum absolute atomic E-state index is 13.1. The highest BCUT2D eigenvalue weighted by molar-refractivity contribution is 7.83. The lowest BCUT2D eigenvalue weighted by atomic mass is 10.1. The molecule has 0 bridgehead atoms. The van der Waals surface area contributed by atoms with Gasteiger partial charge in [0.1, 0.15) is 0 Å². The lowest BCUT2D eigenvalue weighted by molar-refractivity contribution is 0.0697. The van der Waals surface area contributed by atoms with Gasteiger partial charge in [0.15, 0.2) is 11.0 Å². The van der Waals surface area contributed by atoms with Gasteiger partial charge in [0.25, 0.3) is 0 Å². The van der Waals surface area contributed by atoms with Crippen molar-refractivity contribution in [1.82, 2.24) is 4.31 Å². The predicted molar refractivity (Wildman–Crippen MR) is 118 cm³/mol. The molecule has 0 aromatic heterocycles. The van der Waals surface area contributed by atoms with Crippen LogP contribution >= 0.6 is 0 Å². The fraction of sp³-hybridized carbons (Fsp3) is 0.0800. The van der Waals surface area contributed by atoms with Crippen LogP contribution in [0.2, 0.25) is 0 Å². The van der Waals surface area contributed by atoms with E-state index in [0.29, 0.717) is 13.0 Å². The van der Waals surface area contributed by atoms with Crippen molar-refractivity contribution in [2.45, 2.75) is 17.9 Å². The highest BCUT2D eigenvalue weighted by Crippen LogP contribution is 2.26. The van der Waals surface area contributed by atoms with Crippen LogP contribution in [0.1, 0.15) is 32.6 Å². The van der Waals surface area contributed by atoms with E-state index in [4.69, 9.17) is 5.11 Å². The lowest BCUT2D eigenvalue weighted by Crippen LogP contribution is -2.23. The van der Waals surface area contributed by atoms with E-state index in [0.717, 1.165) is 27.1 Å². The molecule has 1 aliphatic heterocycles. The van der Waals surface area contributed by atoms with E-state index in [1.807, 2.05) is 60.8 Å². The van der Waals surface area contributed by atoms with Crippen molar-refractivity contribution in [1.29, 1.82) is 0 Å². The number of benzene rings is 3. The highest BCUT2D eigenvalue weighted by Gasteiger charge is 2.19. The van der Waals surface area contributed by atoms with Gasteiger partial charge in [-0.25, -0.2) is 9.00 Å². The summed E-state index contributed by atoms with van der Waals surface area (Å²) in [6.45, 7) is 0.423. The second kappa shape index (κ2) is 8.81. The minimum Gasteiger partial charge on any atom is -0.478 e. The minimum absolute atomic E-state index is 0.234. The summed E-state index contributed by atoms with van der Waals surface area (Å²) >= 11 is 0. The third-order valence-corrected chi connectivity index (χ3v) is 6.15. The number of aromatic carboxylic acids is 1. The quantitative estimate of drug-likeness (QED) is 0.641. The number of carbonyl (C=O) groups is 1. The maximum Gasteiger partial charge on any atom is 0.335 e. The number of carboxylic acid groups (broad SMARTS) is 1. The van der Waals surface area contributed by atoms with Gasteiger partial charge >= 0.3 is 5.97 Å². The monoisotopic (exact) mass is 413 g/mol. The molecule has 0 aliphatic carbocycles. The van der Waals surface area contributed by atoms with E-state index in [9.17, 15) is 9.00 Å². The summed E-state index contributed by atoms with van der Waals surface area (Å²) in [4.78, 5) is 11.7. The van der Waals surface area contributed by atoms with E-state index >= 15 is 0 Å². The van der Waals surface area contributed by atoms with Gasteiger partial charge in [-0.1, -0.05) is 60.4 Å². The number of fused-ring (bicyclic) bond motifs is 1. The Labute approximate surface area is 178 Å². The van der Waals surface area contributed by atoms with E-state index in [-0.39, 0.29) is 5.56 Å². The highest BCUT2D eigenvalue weighted by atomic mass is 32.2. The predicted octanol–water partition coefficient (Wildman–Crippen LogP) is 4.49. The number of nitrogens with zero attached hydrogens (tertiary/aromatic N) is 1. The van der Waals surface area contributed by atoms with Crippen molar-refractivity contribution in [2.24, 2.45) is 0 Å². The van der Waals surface area contributed by atoms with E-state index in [1.54, 1.807) is 28.6 Å². The Morgan fingerprint density at radius 2 is 1.73 bits per heavy atom. The average Bonchev–Trinajstić information content (AvgIpc) is 2.77. The van der Waals surface area contributed by atoms with Crippen molar-refractivity contribution in [3.8, 4) is 11.8 Å². The number of carboxylic acids is 1. The Balaban J connectivity index is 1.49. The van der Waals surface area contributed by atoms with Crippen molar-refractivity contribution >= 4 is 23.0 Å². The standard InChI is InChI=1S/C25H19NO3S/c27-25(28)23-13-10-21(11-14-23)18-26-16-15-22-12-9-20(17-24(22)30(26)29)8-4-7-19-5-2-1-3-6-19/h1-3,5-6,9-17H,7,18H2,(H,27,28). The van der Waals surface area contributed by atoms with Gasteiger partial charge in [-0.15, -0.1) is 0 Å². The van der Waals surface area contributed by atoms with Crippen LogP contribution in [0.5, 0.6) is 0 Å². The molecular formula is C25H19NO3S. The van der Waals surface area contributed by atoms with Crippen LogP contribution in [0.15, 0.2) is 83.9 Å². The largest absolute Gasteiger partial charge is 0.478 e. The molecule has 148 valence electrons. The van der Waals surface area contributed by atoms with Gasteiger partial charge in [0.2, 0.25) is 0 Å². The fourth-order valence-corrected chi connectivity index (χ4v) is 4.39. The van der Waals surface area contributed by atoms with Crippen LogP contribution in [-0.4, -0.2) is 19.6 Å². The molecule has 3 aromatic rings. The molecule has 5 heteroatoms. The topological polar surface area (TPSA) is 57.6 Å². The second-order valence-electron chi connectivity index (χ2n) is 6.86. The first-order valence-corrected chi connectivity index (χ1v) is 10.6. The summed E-state index contributed by atoms with van der Waals surface area (Å²) in [5.74, 6) is 5.38. The molecule has 0 spiro atoms. The van der Waals surface area contributed by atoms with Crippen LogP contribution in [0.4, 0.5) is 0 Å². The smallest absolute Gasteiger partial charge is 0.335 e. The first-order valence-electron chi connectivity index (χ1n) is 9.46. The lowest BCUT2D eigenvalue weighted by Gasteiger charge is -2.24. The molecule has 1 N–H and O–H groups in total. The van der Waals surface area contributed by atoms with Gasteiger partial charge in [-0.3, -0.25) is 4.31 Å². The summed E-state index contributed by atoms with van der Waals surface area (Å²) in [7, 11) is -1.36. The molecule has 0 fully saturated rings. The summed E-state index contributed by atoms with van der Waals surface area (Å²) in [6.07, 6.45) is 4.41. The van der Waals surface area contributed by atoms with Crippen LogP contribution < -0.4 is 0 Å². The first kappa shape index (κ1) is 19.7. The van der Waals surface area contributed by atoms with Crippen LogP contribution in [0.25, 0.3) is 6.08 Å². The molecule has 0 amide bonds. The zero-order valence-electron chi connectivity index (χ0n) is 16.1. The van der Waals surface area contributed by atoms with Crippen molar-refractivity contribution in [3.05, 3.63) is 107 Å².